The summed E-state index contributed by atoms with van der Waals surface area (Å²) in [5, 5.41) is 0.698. The fourth-order valence-corrected chi connectivity index (χ4v) is 4.85. The van der Waals surface area contributed by atoms with Crippen molar-refractivity contribution in [3.63, 3.8) is 0 Å². The Morgan fingerprint density at radius 2 is 1.67 bits per heavy atom. The highest BCUT2D eigenvalue weighted by molar-refractivity contribution is 6.30. The monoisotopic (exact) mass is 464 g/mol. The summed E-state index contributed by atoms with van der Waals surface area (Å²) in [5.41, 5.74) is 2.42. The normalized spacial score (nSPS) is 20.5. The van der Waals surface area contributed by atoms with Gasteiger partial charge in [-0.25, -0.2) is 9.18 Å². The van der Waals surface area contributed by atoms with Crippen LogP contribution in [-0.4, -0.2) is 41.1 Å². The molecule has 1 amide bonds. The van der Waals surface area contributed by atoms with Gasteiger partial charge in [-0.05, 0) is 60.4 Å². The first-order chi connectivity index (χ1) is 16.1. The molecule has 0 bridgehead atoms. The molecule has 170 valence electrons. The molecular weight excluding hydrogens is 439 g/mol. The van der Waals surface area contributed by atoms with Crippen molar-refractivity contribution in [2.45, 2.75) is 37.4 Å². The molecule has 1 aliphatic heterocycles. The summed E-state index contributed by atoms with van der Waals surface area (Å²) < 4.78 is 19.0. The van der Waals surface area contributed by atoms with Crippen molar-refractivity contribution in [1.82, 2.24) is 9.80 Å². The number of amides is 1. The van der Waals surface area contributed by atoms with Crippen LogP contribution >= 0.6 is 11.6 Å². The number of benzene rings is 3. The molecule has 33 heavy (non-hydrogen) atoms. The van der Waals surface area contributed by atoms with Gasteiger partial charge in [-0.1, -0.05) is 54.1 Å². The van der Waals surface area contributed by atoms with Crippen LogP contribution in [0.2, 0.25) is 5.02 Å². The Labute approximate surface area is 198 Å². The molecule has 2 atom stereocenters. The molecule has 3 aromatic carbocycles. The minimum absolute atomic E-state index is 0.0182. The summed E-state index contributed by atoms with van der Waals surface area (Å²) in [6.07, 6.45) is 1.58. The first-order valence-corrected chi connectivity index (χ1v) is 11.7. The van der Waals surface area contributed by atoms with Crippen molar-refractivity contribution in [1.29, 1.82) is 0 Å². The molecule has 1 saturated heterocycles. The van der Waals surface area contributed by atoms with E-state index in [0.717, 1.165) is 32.5 Å². The van der Waals surface area contributed by atoms with E-state index in [1.807, 2.05) is 23.1 Å². The highest BCUT2D eigenvalue weighted by atomic mass is 35.5. The Hall–Kier alpha value is -2.89. The molecule has 0 radical (unpaired) electrons. The van der Waals surface area contributed by atoms with E-state index in [-0.39, 0.29) is 29.9 Å². The summed E-state index contributed by atoms with van der Waals surface area (Å²) in [6, 6.07) is 24.1. The van der Waals surface area contributed by atoms with E-state index in [1.165, 1.54) is 35.4 Å². The number of rotatable bonds is 6. The Kier molecular flexibility index (Phi) is 6.34. The third-order valence-electron chi connectivity index (χ3n) is 6.44. The maximum Gasteiger partial charge on any atom is 0.415 e. The van der Waals surface area contributed by atoms with Gasteiger partial charge in [0.15, 0.2) is 0 Å². The van der Waals surface area contributed by atoms with Crippen LogP contribution in [0.15, 0.2) is 78.9 Å². The fraction of sp³-hybridized carbons (Fsp3) is 0.296. The zero-order chi connectivity index (χ0) is 22.8. The molecular formula is C27H26ClFN2O2. The van der Waals surface area contributed by atoms with Crippen molar-refractivity contribution in [2.24, 2.45) is 0 Å². The number of ether oxygens (including phenoxy) is 1. The second-order valence-corrected chi connectivity index (χ2v) is 9.30. The predicted molar refractivity (Wildman–Crippen MR) is 127 cm³/mol. The van der Waals surface area contributed by atoms with Crippen molar-refractivity contribution >= 4 is 17.7 Å². The van der Waals surface area contributed by atoms with E-state index in [0.29, 0.717) is 10.8 Å². The van der Waals surface area contributed by atoms with Crippen molar-refractivity contribution in [2.75, 3.05) is 13.1 Å². The lowest BCUT2D eigenvalue weighted by Gasteiger charge is -2.32. The molecule has 0 N–H and O–H groups in total. The fourth-order valence-electron chi connectivity index (χ4n) is 4.72. The molecule has 5 rings (SSSR count). The lowest BCUT2D eigenvalue weighted by atomic mass is 9.93. The molecule has 1 heterocycles. The second-order valence-electron chi connectivity index (χ2n) is 8.87. The van der Waals surface area contributed by atoms with Gasteiger partial charge in [0.1, 0.15) is 11.6 Å². The van der Waals surface area contributed by atoms with E-state index in [2.05, 4.69) is 41.3 Å². The van der Waals surface area contributed by atoms with Gasteiger partial charge in [0, 0.05) is 36.6 Å². The second kappa shape index (κ2) is 9.54. The highest BCUT2D eigenvalue weighted by Gasteiger charge is 2.46. The van der Waals surface area contributed by atoms with Crippen LogP contribution in [0.25, 0.3) is 0 Å². The molecule has 0 unspecified atom stereocenters. The Bertz CT molecular complexity index is 1090. The van der Waals surface area contributed by atoms with Gasteiger partial charge in [-0.2, -0.15) is 0 Å². The quantitative estimate of drug-likeness (QED) is 0.441. The standard InChI is InChI=1S/C27H26ClFN2O2/c28-21-8-6-20(7-9-21)25-17-30(16-19-4-2-1-3-5-19)18-26(25)31(23-12-13-23)27(32)33-24-14-10-22(29)11-15-24/h1-11,14-15,23,25-26H,12-13,16-18H2/t25-,26+/m0/s1. The Balaban J connectivity index is 1.41. The lowest BCUT2D eigenvalue weighted by molar-refractivity contribution is 0.123. The summed E-state index contributed by atoms with van der Waals surface area (Å²) in [4.78, 5) is 17.7. The lowest BCUT2D eigenvalue weighted by Crippen LogP contribution is -2.47. The number of hydrogen-bond donors (Lipinski definition) is 0. The van der Waals surface area contributed by atoms with Gasteiger partial charge < -0.3 is 4.74 Å². The average molecular weight is 465 g/mol. The van der Waals surface area contributed by atoms with Gasteiger partial charge in [0.25, 0.3) is 0 Å². The smallest absolute Gasteiger partial charge is 0.410 e. The maximum atomic E-state index is 13.3. The van der Waals surface area contributed by atoms with Crippen LogP contribution in [0.1, 0.15) is 29.9 Å². The number of carbonyl (C=O) groups is 1. The van der Waals surface area contributed by atoms with Gasteiger partial charge in [-0.15, -0.1) is 0 Å². The largest absolute Gasteiger partial charge is 0.415 e. The number of halogens is 2. The molecule has 2 fully saturated rings. The molecule has 6 heteroatoms. The van der Waals surface area contributed by atoms with Crippen LogP contribution in [0.5, 0.6) is 5.75 Å². The zero-order valence-electron chi connectivity index (χ0n) is 18.2. The first kappa shape index (κ1) is 21.9. The molecule has 3 aromatic rings. The first-order valence-electron chi connectivity index (χ1n) is 11.3. The van der Waals surface area contributed by atoms with Crippen LogP contribution in [-0.2, 0) is 6.54 Å². The molecule has 4 nitrogen and oxygen atoms in total. The summed E-state index contributed by atoms with van der Waals surface area (Å²) in [7, 11) is 0. The van der Waals surface area contributed by atoms with Crippen LogP contribution in [0.3, 0.4) is 0 Å². The SMILES string of the molecule is O=C(Oc1ccc(F)cc1)N(C1CC1)[C@@H]1CN(Cc2ccccc2)C[C@H]1c1ccc(Cl)cc1. The Morgan fingerprint density at radius 3 is 2.33 bits per heavy atom. The van der Waals surface area contributed by atoms with Crippen LogP contribution in [0, 0.1) is 5.82 Å². The predicted octanol–water partition coefficient (Wildman–Crippen LogP) is 6.11. The van der Waals surface area contributed by atoms with Gasteiger partial charge in [-0.3, -0.25) is 9.80 Å². The minimum atomic E-state index is -0.366. The molecule has 0 aromatic heterocycles. The molecule has 0 spiro atoms. The van der Waals surface area contributed by atoms with Gasteiger partial charge >= 0.3 is 6.09 Å². The minimum Gasteiger partial charge on any atom is -0.410 e. The molecule has 1 saturated carbocycles. The number of hydrogen-bond acceptors (Lipinski definition) is 3. The number of likely N-dealkylation sites (tertiary alicyclic amines) is 1. The summed E-state index contributed by atoms with van der Waals surface area (Å²) in [5.74, 6) is 0.144. The third-order valence-corrected chi connectivity index (χ3v) is 6.69. The van der Waals surface area contributed by atoms with E-state index < -0.39 is 0 Å². The van der Waals surface area contributed by atoms with Crippen molar-refractivity contribution in [3.8, 4) is 5.75 Å². The molecule has 1 aliphatic carbocycles. The van der Waals surface area contributed by atoms with E-state index in [1.54, 1.807) is 0 Å². The van der Waals surface area contributed by atoms with Gasteiger partial charge in [0.2, 0.25) is 0 Å². The van der Waals surface area contributed by atoms with Crippen LogP contribution in [0.4, 0.5) is 9.18 Å². The summed E-state index contributed by atoms with van der Waals surface area (Å²) in [6.45, 7) is 2.43. The van der Waals surface area contributed by atoms with Gasteiger partial charge in [0.05, 0.1) is 6.04 Å². The number of carbonyl (C=O) groups excluding carboxylic acids is 1. The molecule has 2 aliphatic rings. The third kappa shape index (κ3) is 5.21. The zero-order valence-corrected chi connectivity index (χ0v) is 19.0. The van der Waals surface area contributed by atoms with E-state index in [4.69, 9.17) is 16.3 Å². The maximum absolute atomic E-state index is 13.3. The van der Waals surface area contributed by atoms with Crippen LogP contribution < -0.4 is 4.74 Å². The van der Waals surface area contributed by atoms with Crippen molar-refractivity contribution in [3.05, 3.63) is 101 Å². The van der Waals surface area contributed by atoms with E-state index in [9.17, 15) is 9.18 Å². The Morgan fingerprint density at radius 1 is 0.970 bits per heavy atom. The summed E-state index contributed by atoms with van der Waals surface area (Å²) >= 11 is 6.14. The van der Waals surface area contributed by atoms with E-state index >= 15 is 0 Å². The average Bonchev–Trinajstić information content (AvgIpc) is 3.57. The highest BCUT2D eigenvalue weighted by Crippen LogP contribution is 2.39. The van der Waals surface area contributed by atoms with Crippen molar-refractivity contribution < 1.29 is 13.9 Å². The number of nitrogens with zero attached hydrogens (tertiary/aromatic N) is 2. The topological polar surface area (TPSA) is 32.8 Å².